The maximum Gasteiger partial charge on any atom is 0.323 e. The maximum absolute atomic E-state index is 12.2. The van der Waals surface area contributed by atoms with Gasteiger partial charge in [0.05, 0.1) is 6.10 Å². The van der Waals surface area contributed by atoms with Gasteiger partial charge in [0, 0.05) is 6.66 Å². The fraction of sp³-hybridized carbons (Fsp3) is 0.462. The summed E-state index contributed by atoms with van der Waals surface area (Å²) >= 11 is 0. The lowest BCUT2D eigenvalue weighted by Crippen LogP contribution is -2.35. The monoisotopic (exact) mass is 285 g/mol. The fourth-order valence-corrected chi connectivity index (χ4v) is 2.83. The smallest absolute Gasteiger partial charge is 0.323 e. The average Bonchev–Trinajstić information content (AvgIpc) is 2.27. The van der Waals surface area contributed by atoms with Crippen LogP contribution in [0.4, 0.5) is 0 Å². The molecule has 0 aliphatic heterocycles. The van der Waals surface area contributed by atoms with Crippen LogP contribution in [0.1, 0.15) is 20.8 Å². The van der Waals surface area contributed by atoms with Gasteiger partial charge in [-0.25, -0.2) is 5.09 Å². The summed E-state index contributed by atoms with van der Waals surface area (Å²) in [4.78, 5) is 11.6. The van der Waals surface area contributed by atoms with Crippen LogP contribution in [0.5, 0.6) is 5.75 Å². The molecule has 0 amide bonds. The van der Waals surface area contributed by atoms with Crippen molar-refractivity contribution in [3.05, 3.63) is 30.3 Å². The van der Waals surface area contributed by atoms with E-state index in [9.17, 15) is 9.36 Å². The second-order valence-electron chi connectivity index (χ2n) is 4.59. The van der Waals surface area contributed by atoms with E-state index in [0.29, 0.717) is 5.75 Å². The molecule has 1 rings (SSSR count). The molecule has 0 aliphatic carbocycles. The topological polar surface area (TPSA) is 64.6 Å². The van der Waals surface area contributed by atoms with Gasteiger partial charge in [0.15, 0.2) is 0 Å². The van der Waals surface area contributed by atoms with Crippen molar-refractivity contribution in [1.82, 2.24) is 5.09 Å². The highest BCUT2D eigenvalue weighted by Gasteiger charge is 2.25. The van der Waals surface area contributed by atoms with E-state index >= 15 is 0 Å². The normalized spacial score (nSPS) is 15.6. The van der Waals surface area contributed by atoms with E-state index < -0.39 is 19.5 Å². The molecule has 1 aromatic rings. The third-order valence-corrected chi connectivity index (χ3v) is 3.57. The molecular formula is C13H20NO4P. The highest BCUT2D eigenvalue weighted by Crippen LogP contribution is 2.39. The summed E-state index contributed by atoms with van der Waals surface area (Å²) in [5.74, 6) is 0.0407. The molecule has 0 bridgehead atoms. The van der Waals surface area contributed by atoms with Crippen molar-refractivity contribution in [1.29, 1.82) is 0 Å². The van der Waals surface area contributed by atoms with E-state index in [1.807, 2.05) is 6.07 Å². The first-order valence-electron chi connectivity index (χ1n) is 6.10. The first-order chi connectivity index (χ1) is 8.80. The molecule has 19 heavy (non-hydrogen) atoms. The summed E-state index contributed by atoms with van der Waals surface area (Å²) in [5, 5.41) is 2.67. The van der Waals surface area contributed by atoms with Crippen molar-refractivity contribution in [2.45, 2.75) is 32.9 Å². The third-order valence-electron chi connectivity index (χ3n) is 2.16. The Labute approximate surface area is 113 Å². The highest BCUT2D eigenvalue weighted by molar-refractivity contribution is 7.56. The van der Waals surface area contributed by atoms with Crippen LogP contribution in [0.15, 0.2) is 30.3 Å². The Balaban J connectivity index is 2.59. The number of ether oxygens (including phenoxy) is 1. The molecule has 0 unspecified atom stereocenters. The molecule has 1 aromatic carbocycles. The fourth-order valence-electron chi connectivity index (χ4n) is 1.45. The largest absolute Gasteiger partial charge is 0.462 e. The Hall–Kier alpha value is -1.32. The molecule has 0 saturated heterocycles. The van der Waals surface area contributed by atoms with Crippen LogP contribution in [-0.4, -0.2) is 24.8 Å². The number of rotatable bonds is 6. The van der Waals surface area contributed by atoms with Gasteiger partial charge in [-0.2, -0.15) is 0 Å². The van der Waals surface area contributed by atoms with Gasteiger partial charge < -0.3 is 9.26 Å². The van der Waals surface area contributed by atoms with E-state index in [0.717, 1.165) is 0 Å². The Morgan fingerprint density at radius 3 is 2.32 bits per heavy atom. The zero-order valence-electron chi connectivity index (χ0n) is 11.6. The van der Waals surface area contributed by atoms with Crippen LogP contribution in [-0.2, 0) is 14.1 Å². The lowest BCUT2D eigenvalue weighted by molar-refractivity contribution is -0.149. The summed E-state index contributed by atoms with van der Waals surface area (Å²) in [7, 11) is -3.12. The molecule has 106 valence electrons. The van der Waals surface area contributed by atoms with Crippen molar-refractivity contribution < 1.29 is 18.6 Å². The Kier molecular flexibility index (Phi) is 5.58. The number of para-hydroxylation sites is 1. The molecule has 0 spiro atoms. The average molecular weight is 285 g/mol. The minimum Gasteiger partial charge on any atom is -0.462 e. The number of esters is 1. The molecule has 0 aromatic heterocycles. The van der Waals surface area contributed by atoms with Crippen molar-refractivity contribution in [3.8, 4) is 5.75 Å². The van der Waals surface area contributed by atoms with Crippen molar-refractivity contribution >= 4 is 13.5 Å². The zero-order valence-corrected chi connectivity index (χ0v) is 12.5. The molecule has 2 atom stereocenters. The molecule has 0 saturated carbocycles. The van der Waals surface area contributed by atoms with Crippen LogP contribution in [0.3, 0.4) is 0 Å². The van der Waals surface area contributed by atoms with Crippen molar-refractivity contribution in [3.63, 3.8) is 0 Å². The standard InChI is InChI=1S/C13H20NO4P/c1-10(2)17-13(15)11(3)14-19(4,16)18-12-8-6-5-7-9-12/h5-11H,1-4H3,(H,14,16)/t11-,19-/m1/s1. The van der Waals surface area contributed by atoms with E-state index in [2.05, 4.69) is 5.09 Å². The van der Waals surface area contributed by atoms with Crippen LogP contribution in [0, 0.1) is 0 Å². The van der Waals surface area contributed by atoms with Gasteiger partial charge in [0.25, 0.3) is 0 Å². The van der Waals surface area contributed by atoms with Gasteiger partial charge in [-0.05, 0) is 32.9 Å². The Morgan fingerprint density at radius 2 is 1.79 bits per heavy atom. The quantitative estimate of drug-likeness (QED) is 0.643. The summed E-state index contributed by atoms with van der Waals surface area (Å²) in [5.41, 5.74) is 0. The van der Waals surface area contributed by atoms with Crippen LogP contribution in [0.25, 0.3) is 0 Å². The number of carbonyl (C=O) groups excluding carboxylic acids is 1. The van der Waals surface area contributed by atoms with Gasteiger partial charge in [-0.15, -0.1) is 0 Å². The minimum absolute atomic E-state index is 0.206. The number of hydrogen-bond donors (Lipinski definition) is 1. The molecule has 0 heterocycles. The summed E-state index contributed by atoms with van der Waals surface area (Å²) in [6.45, 7) is 6.54. The second kappa shape index (κ2) is 6.73. The minimum atomic E-state index is -3.12. The first kappa shape index (κ1) is 15.7. The molecule has 1 N–H and O–H groups in total. The summed E-state index contributed by atoms with van der Waals surface area (Å²) in [6.07, 6.45) is -0.206. The van der Waals surface area contributed by atoms with Crippen molar-refractivity contribution in [2.24, 2.45) is 0 Å². The van der Waals surface area contributed by atoms with Crippen molar-refractivity contribution in [2.75, 3.05) is 6.66 Å². The lowest BCUT2D eigenvalue weighted by atomic mass is 10.3. The van der Waals surface area contributed by atoms with Gasteiger partial charge >= 0.3 is 13.5 Å². The van der Waals surface area contributed by atoms with Crippen LogP contribution < -0.4 is 9.61 Å². The van der Waals surface area contributed by atoms with Gasteiger partial charge in [-0.1, -0.05) is 18.2 Å². The first-order valence-corrected chi connectivity index (χ1v) is 8.18. The number of benzene rings is 1. The Bertz CT molecular complexity index is 461. The summed E-state index contributed by atoms with van der Waals surface area (Å²) in [6, 6.07) is 8.12. The van der Waals surface area contributed by atoms with Gasteiger partial charge in [0.2, 0.25) is 0 Å². The Morgan fingerprint density at radius 1 is 1.21 bits per heavy atom. The SMILES string of the molecule is CC(C)OC(=O)[C@@H](C)N[P@](C)(=O)Oc1ccccc1. The molecular weight excluding hydrogens is 265 g/mol. The van der Waals surface area contributed by atoms with Crippen LogP contribution >= 0.6 is 7.52 Å². The lowest BCUT2D eigenvalue weighted by Gasteiger charge is -2.21. The van der Waals surface area contributed by atoms with E-state index in [1.54, 1.807) is 45.0 Å². The van der Waals surface area contributed by atoms with E-state index in [-0.39, 0.29) is 6.10 Å². The predicted molar refractivity (Wildman–Crippen MR) is 74.4 cm³/mol. The predicted octanol–water partition coefficient (Wildman–Crippen LogP) is 2.82. The second-order valence-corrected chi connectivity index (χ2v) is 6.72. The molecule has 0 radical (unpaired) electrons. The number of nitrogens with one attached hydrogen (secondary N) is 1. The molecule has 0 aliphatic rings. The van der Waals surface area contributed by atoms with E-state index in [1.165, 1.54) is 6.66 Å². The van der Waals surface area contributed by atoms with E-state index in [4.69, 9.17) is 9.26 Å². The maximum atomic E-state index is 12.2. The third kappa shape index (κ3) is 5.90. The highest BCUT2D eigenvalue weighted by atomic mass is 31.2. The van der Waals surface area contributed by atoms with Gasteiger partial charge in [0.1, 0.15) is 11.8 Å². The number of carbonyl (C=O) groups is 1. The molecule has 5 nitrogen and oxygen atoms in total. The molecule has 0 fully saturated rings. The van der Waals surface area contributed by atoms with Gasteiger partial charge in [-0.3, -0.25) is 9.36 Å². The molecule has 6 heteroatoms. The van der Waals surface area contributed by atoms with Crippen LogP contribution in [0.2, 0.25) is 0 Å². The number of hydrogen-bond acceptors (Lipinski definition) is 4. The zero-order chi connectivity index (χ0) is 14.5. The summed E-state index contributed by atoms with van der Waals surface area (Å²) < 4.78 is 22.6.